The van der Waals surface area contributed by atoms with Crippen LogP contribution in [0.15, 0.2) is 53.1 Å². The van der Waals surface area contributed by atoms with Crippen LogP contribution in [-0.4, -0.2) is 26.1 Å². The number of carbonyl (C=O) groups excluding carboxylic acids is 1. The molecule has 4 aromatic rings. The van der Waals surface area contributed by atoms with Crippen LogP contribution in [-0.2, 0) is 18.0 Å². The maximum Gasteiger partial charge on any atom is 0.338 e. The van der Waals surface area contributed by atoms with Crippen molar-refractivity contribution in [3.63, 3.8) is 0 Å². The van der Waals surface area contributed by atoms with Gasteiger partial charge >= 0.3 is 5.97 Å². The van der Waals surface area contributed by atoms with E-state index in [4.69, 9.17) is 19.7 Å². The Hall–Kier alpha value is -4.47. The van der Waals surface area contributed by atoms with Crippen LogP contribution in [0.5, 0.6) is 5.75 Å². The van der Waals surface area contributed by atoms with Gasteiger partial charge in [-0.05, 0) is 57.2 Å². The molecule has 2 aromatic heterocycles. The minimum Gasteiger partial charge on any atom is -0.489 e. The van der Waals surface area contributed by atoms with Crippen molar-refractivity contribution in [3.8, 4) is 5.75 Å². The summed E-state index contributed by atoms with van der Waals surface area (Å²) in [6, 6.07) is 14.4. The smallest absolute Gasteiger partial charge is 0.338 e. The number of ether oxygens (including phenoxy) is 2. The highest BCUT2D eigenvalue weighted by atomic mass is 16.5. The first-order valence-corrected chi connectivity index (χ1v) is 10.5. The molecule has 0 bridgehead atoms. The molecule has 2 aromatic carbocycles. The van der Waals surface area contributed by atoms with Crippen LogP contribution in [0.2, 0.25) is 0 Å². The maximum absolute atomic E-state index is 12.5. The molecule has 174 valence electrons. The number of nitrogen functional groups attached to an aromatic ring is 1. The molecule has 0 amide bonds. The van der Waals surface area contributed by atoms with Crippen molar-refractivity contribution in [3.05, 3.63) is 82.5 Å². The van der Waals surface area contributed by atoms with E-state index >= 15 is 0 Å². The third-order valence-electron chi connectivity index (χ3n) is 4.99. The monoisotopic (exact) mass is 460 g/mol. The van der Waals surface area contributed by atoms with Crippen molar-refractivity contribution >= 4 is 23.6 Å². The molecule has 0 aliphatic heterocycles. The number of rotatable bonds is 8. The Labute approximate surface area is 196 Å². The third kappa shape index (κ3) is 5.66. The van der Waals surface area contributed by atoms with Crippen LogP contribution in [0.3, 0.4) is 0 Å². The van der Waals surface area contributed by atoms with Gasteiger partial charge in [0.2, 0.25) is 11.9 Å². The molecular weight excluding hydrogens is 436 g/mol. The number of benzene rings is 2. The standard InChI is InChI=1S/C24H24N6O4/c1-14-4-8-18(9-5-14)26-24-28-21(27-23(25)29-24)13-33-22(31)17-6-10-19(11-7-17)32-12-20-15(2)30-34-16(20)3/h4-11H,12-13H2,1-3H3,(H3,25,26,27,28,29). The SMILES string of the molecule is Cc1ccc(Nc2nc(N)nc(COC(=O)c3ccc(OCc4c(C)noc4C)cc3)n2)cc1. The minimum atomic E-state index is -0.524. The zero-order valence-electron chi connectivity index (χ0n) is 19.0. The summed E-state index contributed by atoms with van der Waals surface area (Å²) in [5.41, 5.74) is 9.77. The zero-order valence-corrected chi connectivity index (χ0v) is 19.0. The number of esters is 1. The molecule has 3 N–H and O–H groups in total. The van der Waals surface area contributed by atoms with Gasteiger partial charge in [-0.25, -0.2) is 4.79 Å². The first-order chi connectivity index (χ1) is 16.4. The van der Waals surface area contributed by atoms with Gasteiger partial charge in [-0.2, -0.15) is 15.0 Å². The average Bonchev–Trinajstić information content (AvgIpc) is 3.14. The summed E-state index contributed by atoms with van der Waals surface area (Å²) in [4.78, 5) is 24.8. The molecule has 0 aliphatic rings. The van der Waals surface area contributed by atoms with Crippen LogP contribution in [0.1, 0.15) is 38.8 Å². The number of nitrogens with one attached hydrogen (secondary N) is 1. The van der Waals surface area contributed by atoms with Gasteiger partial charge in [0, 0.05) is 5.69 Å². The van der Waals surface area contributed by atoms with Crippen molar-refractivity contribution in [1.82, 2.24) is 20.1 Å². The van der Waals surface area contributed by atoms with Crippen molar-refractivity contribution in [2.75, 3.05) is 11.1 Å². The van der Waals surface area contributed by atoms with E-state index in [1.165, 1.54) is 0 Å². The van der Waals surface area contributed by atoms with Gasteiger partial charge in [0.1, 0.15) is 18.1 Å². The lowest BCUT2D eigenvalue weighted by atomic mass is 10.2. The molecule has 0 saturated carbocycles. The number of nitrogens with zero attached hydrogens (tertiary/aromatic N) is 4. The van der Waals surface area contributed by atoms with Crippen molar-refractivity contribution in [2.45, 2.75) is 34.0 Å². The molecule has 0 spiro atoms. The molecule has 2 heterocycles. The quantitative estimate of drug-likeness (QED) is 0.370. The number of aromatic nitrogens is 4. The summed E-state index contributed by atoms with van der Waals surface area (Å²) < 4.78 is 16.2. The second-order valence-electron chi connectivity index (χ2n) is 7.62. The fourth-order valence-corrected chi connectivity index (χ4v) is 3.09. The first kappa shape index (κ1) is 22.7. The number of anilines is 3. The van der Waals surface area contributed by atoms with Crippen LogP contribution >= 0.6 is 0 Å². The van der Waals surface area contributed by atoms with Crippen LogP contribution < -0.4 is 15.8 Å². The zero-order chi connectivity index (χ0) is 24.1. The van der Waals surface area contributed by atoms with Gasteiger partial charge < -0.3 is 25.0 Å². The highest BCUT2D eigenvalue weighted by Gasteiger charge is 2.12. The molecule has 10 nitrogen and oxygen atoms in total. The van der Waals surface area contributed by atoms with E-state index < -0.39 is 5.97 Å². The molecule has 10 heteroatoms. The molecule has 0 radical (unpaired) electrons. The summed E-state index contributed by atoms with van der Waals surface area (Å²) in [7, 11) is 0. The maximum atomic E-state index is 12.5. The number of nitrogens with two attached hydrogens (primary N) is 1. The van der Waals surface area contributed by atoms with Gasteiger partial charge in [-0.15, -0.1) is 0 Å². The van der Waals surface area contributed by atoms with Gasteiger partial charge in [0.05, 0.1) is 16.8 Å². The molecule has 4 rings (SSSR count). The fraction of sp³-hybridized carbons (Fsp3) is 0.208. The van der Waals surface area contributed by atoms with Crippen LogP contribution in [0, 0.1) is 20.8 Å². The van der Waals surface area contributed by atoms with E-state index in [0.717, 1.165) is 22.5 Å². The Morgan fingerprint density at radius 1 is 0.971 bits per heavy atom. The molecule has 0 unspecified atom stereocenters. The second-order valence-corrected chi connectivity index (χ2v) is 7.62. The second kappa shape index (κ2) is 9.99. The van der Waals surface area contributed by atoms with E-state index in [9.17, 15) is 4.79 Å². The van der Waals surface area contributed by atoms with Gasteiger partial charge in [0.15, 0.2) is 12.4 Å². The van der Waals surface area contributed by atoms with Crippen molar-refractivity contribution < 1.29 is 18.8 Å². The lowest BCUT2D eigenvalue weighted by Gasteiger charge is -2.09. The van der Waals surface area contributed by atoms with E-state index in [-0.39, 0.29) is 24.3 Å². The summed E-state index contributed by atoms with van der Waals surface area (Å²) in [5, 5.41) is 6.96. The van der Waals surface area contributed by atoms with E-state index in [1.807, 2.05) is 45.0 Å². The summed E-state index contributed by atoms with van der Waals surface area (Å²) in [6.45, 7) is 5.86. The largest absolute Gasteiger partial charge is 0.489 e. The van der Waals surface area contributed by atoms with Crippen molar-refractivity contribution in [2.24, 2.45) is 0 Å². The first-order valence-electron chi connectivity index (χ1n) is 10.5. The molecule has 0 saturated heterocycles. The van der Waals surface area contributed by atoms with Crippen LogP contribution in [0.4, 0.5) is 17.6 Å². The molecule has 34 heavy (non-hydrogen) atoms. The Balaban J connectivity index is 1.34. The number of carbonyl (C=O) groups is 1. The predicted molar refractivity (Wildman–Crippen MR) is 125 cm³/mol. The lowest BCUT2D eigenvalue weighted by molar-refractivity contribution is 0.0462. The Morgan fingerprint density at radius 2 is 1.71 bits per heavy atom. The van der Waals surface area contributed by atoms with Gasteiger partial charge in [0.25, 0.3) is 0 Å². The van der Waals surface area contributed by atoms with Gasteiger partial charge in [-0.1, -0.05) is 22.9 Å². The molecular formula is C24H24N6O4. The normalized spacial score (nSPS) is 10.7. The Bertz CT molecular complexity index is 1270. The Morgan fingerprint density at radius 3 is 2.38 bits per heavy atom. The lowest BCUT2D eigenvalue weighted by Crippen LogP contribution is -2.11. The number of hydrogen-bond acceptors (Lipinski definition) is 10. The highest BCUT2D eigenvalue weighted by molar-refractivity contribution is 5.89. The van der Waals surface area contributed by atoms with Gasteiger partial charge in [-0.3, -0.25) is 0 Å². The topological polar surface area (TPSA) is 138 Å². The number of hydrogen-bond donors (Lipinski definition) is 2. The van der Waals surface area contributed by atoms with E-state index in [2.05, 4.69) is 25.4 Å². The minimum absolute atomic E-state index is 0.0236. The predicted octanol–water partition coefficient (Wildman–Crippen LogP) is 4.05. The van der Waals surface area contributed by atoms with E-state index in [0.29, 0.717) is 23.7 Å². The van der Waals surface area contributed by atoms with Crippen molar-refractivity contribution in [1.29, 1.82) is 0 Å². The van der Waals surface area contributed by atoms with Crippen LogP contribution in [0.25, 0.3) is 0 Å². The fourth-order valence-electron chi connectivity index (χ4n) is 3.09. The summed E-state index contributed by atoms with van der Waals surface area (Å²) in [5.74, 6) is 1.32. The third-order valence-corrected chi connectivity index (χ3v) is 4.99. The number of aryl methyl sites for hydroxylation is 3. The van der Waals surface area contributed by atoms with E-state index in [1.54, 1.807) is 24.3 Å². The molecule has 0 aliphatic carbocycles. The molecule has 0 fully saturated rings. The highest BCUT2D eigenvalue weighted by Crippen LogP contribution is 2.19. The summed E-state index contributed by atoms with van der Waals surface area (Å²) in [6.07, 6.45) is 0. The average molecular weight is 460 g/mol. The summed E-state index contributed by atoms with van der Waals surface area (Å²) >= 11 is 0. The Kier molecular flexibility index (Phi) is 6.67. The molecule has 0 atom stereocenters.